The van der Waals surface area contributed by atoms with Gasteiger partial charge in [0.2, 0.25) is 0 Å². The molecule has 2 aromatic rings. The van der Waals surface area contributed by atoms with Crippen LogP contribution in [0, 0.1) is 6.20 Å². The maximum atomic E-state index is 4.24. The van der Waals surface area contributed by atoms with E-state index in [1.54, 1.807) is 12.5 Å². The molecule has 0 aromatic carbocycles. The fourth-order valence-electron chi connectivity index (χ4n) is 2.33. The zero-order chi connectivity index (χ0) is 11.5. The molecule has 0 bridgehead atoms. The van der Waals surface area contributed by atoms with E-state index >= 15 is 0 Å². The number of rotatable bonds is 2. The molecule has 0 aliphatic carbocycles. The van der Waals surface area contributed by atoms with E-state index in [2.05, 4.69) is 31.3 Å². The normalized spacial score (nSPS) is 16.3. The van der Waals surface area contributed by atoms with E-state index in [4.69, 9.17) is 0 Å². The van der Waals surface area contributed by atoms with Crippen LogP contribution < -0.4 is 4.90 Å². The summed E-state index contributed by atoms with van der Waals surface area (Å²) in [5.41, 5.74) is 1.20. The number of aromatic amines is 1. The third-order valence-electron chi connectivity index (χ3n) is 3.29. The van der Waals surface area contributed by atoms with Gasteiger partial charge >= 0.3 is 21.1 Å². The molecular formula is C12H14N5W+. The molecule has 1 saturated heterocycles. The first-order valence-corrected chi connectivity index (χ1v) is 5.86. The molecule has 2 aromatic heterocycles. The van der Waals surface area contributed by atoms with Gasteiger partial charge in [-0.15, -0.1) is 12.1 Å². The largest absolute Gasteiger partial charge is 2.00 e. The molecule has 0 radical (unpaired) electrons. The summed E-state index contributed by atoms with van der Waals surface area (Å²) in [7, 11) is 0. The van der Waals surface area contributed by atoms with Gasteiger partial charge in [0.15, 0.2) is 0 Å². The Morgan fingerprint density at radius 2 is 2.17 bits per heavy atom. The summed E-state index contributed by atoms with van der Waals surface area (Å²) in [6.45, 7) is 2.09. The minimum Gasteiger partial charge on any atom is -0.423 e. The number of hydrogen-bond acceptors (Lipinski definition) is 4. The van der Waals surface area contributed by atoms with Crippen LogP contribution in [-0.4, -0.2) is 33.3 Å². The third kappa shape index (κ3) is 2.78. The molecule has 1 aliphatic heterocycles. The fraction of sp³-hybridized carbons (Fsp3) is 0.417. The molecule has 92 valence electrons. The van der Waals surface area contributed by atoms with Crippen LogP contribution in [0.4, 0.5) is 5.69 Å². The van der Waals surface area contributed by atoms with Crippen molar-refractivity contribution in [2.75, 3.05) is 18.0 Å². The predicted octanol–water partition coefficient (Wildman–Crippen LogP) is 1.38. The van der Waals surface area contributed by atoms with Gasteiger partial charge in [-0.1, -0.05) is 18.1 Å². The van der Waals surface area contributed by atoms with Crippen LogP contribution >= 0.6 is 0 Å². The molecular weight excluding hydrogens is 398 g/mol. The van der Waals surface area contributed by atoms with Crippen molar-refractivity contribution in [1.82, 2.24) is 20.2 Å². The number of H-pyrrole nitrogens is 1. The smallest absolute Gasteiger partial charge is 0.423 e. The number of pyridine rings is 1. The Morgan fingerprint density at radius 3 is 2.78 bits per heavy atom. The van der Waals surface area contributed by atoms with E-state index in [1.165, 1.54) is 5.69 Å². The van der Waals surface area contributed by atoms with Gasteiger partial charge in [-0.25, -0.2) is 4.98 Å². The fourth-order valence-corrected chi connectivity index (χ4v) is 2.33. The monoisotopic (exact) mass is 412 g/mol. The number of piperidine rings is 1. The maximum Gasteiger partial charge on any atom is 2.00 e. The Labute approximate surface area is 120 Å². The van der Waals surface area contributed by atoms with Crippen molar-refractivity contribution in [2.24, 2.45) is 0 Å². The first-order chi connectivity index (χ1) is 8.43. The van der Waals surface area contributed by atoms with Crippen molar-refractivity contribution < 1.29 is 21.1 Å². The van der Waals surface area contributed by atoms with Crippen molar-refractivity contribution in [3.05, 3.63) is 36.7 Å². The van der Waals surface area contributed by atoms with E-state index in [0.29, 0.717) is 5.92 Å². The molecule has 0 saturated carbocycles. The van der Waals surface area contributed by atoms with Crippen LogP contribution in [0.5, 0.6) is 0 Å². The second-order valence-electron chi connectivity index (χ2n) is 4.28. The van der Waals surface area contributed by atoms with Crippen molar-refractivity contribution >= 4 is 5.69 Å². The molecule has 1 aliphatic rings. The van der Waals surface area contributed by atoms with Crippen molar-refractivity contribution in [2.45, 2.75) is 18.8 Å². The zero-order valence-corrected chi connectivity index (χ0v) is 12.8. The Kier molecular flexibility index (Phi) is 4.47. The number of nitrogens with one attached hydrogen (secondary N) is 1. The average Bonchev–Trinajstić information content (AvgIpc) is 2.94. The van der Waals surface area contributed by atoms with E-state index in [1.807, 2.05) is 12.1 Å². The van der Waals surface area contributed by atoms with Gasteiger partial charge < -0.3 is 9.88 Å². The van der Waals surface area contributed by atoms with Crippen molar-refractivity contribution in [3.8, 4) is 0 Å². The first kappa shape index (κ1) is 13.2. The molecule has 6 heteroatoms. The summed E-state index contributed by atoms with van der Waals surface area (Å²) in [5, 5.41) is 6.88. The quantitative estimate of drug-likeness (QED) is 0.758. The van der Waals surface area contributed by atoms with Crippen LogP contribution in [0.3, 0.4) is 0 Å². The molecule has 0 atom stereocenters. The molecule has 5 nitrogen and oxygen atoms in total. The van der Waals surface area contributed by atoms with Gasteiger partial charge in [0, 0.05) is 19.0 Å². The third-order valence-corrected chi connectivity index (χ3v) is 3.29. The predicted molar refractivity (Wildman–Crippen MR) is 63.6 cm³/mol. The number of aromatic nitrogens is 4. The number of anilines is 1. The van der Waals surface area contributed by atoms with Crippen LogP contribution in [0.15, 0.2) is 24.7 Å². The maximum absolute atomic E-state index is 4.24. The van der Waals surface area contributed by atoms with Crippen LogP contribution in [-0.2, 0) is 21.1 Å². The van der Waals surface area contributed by atoms with Gasteiger partial charge in [0.25, 0.3) is 0 Å². The standard InChI is InChI=1S/C12H14N5.W/c1-5-13-6-2-11(1)17-7-3-10(4-8-17)12-14-9-15-16-12;/h1-2,5,9-10H,3-4,7-8H2,(H,14,15,16);/q-1;+2. The topological polar surface area (TPSA) is 57.7 Å². The van der Waals surface area contributed by atoms with Gasteiger partial charge in [0.1, 0.15) is 12.2 Å². The summed E-state index contributed by atoms with van der Waals surface area (Å²) in [6, 6.07) is 3.97. The molecule has 18 heavy (non-hydrogen) atoms. The summed E-state index contributed by atoms with van der Waals surface area (Å²) in [5.74, 6) is 1.53. The Balaban J connectivity index is 0.00000120. The Morgan fingerprint density at radius 1 is 1.33 bits per heavy atom. The molecule has 3 rings (SSSR count). The van der Waals surface area contributed by atoms with E-state index in [0.717, 1.165) is 31.8 Å². The zero-order valence-electron chi connectivity index (χ0n) is 9.91. The van der Waals surface area contributed by atoms with Gasteiger partial charge in [-0.2, -0.15) is 5.10 Å². The average molecular weight is 412 g/mol. The Hall–Kier alpha value is -1.22. The number of hydrogen-bond donors (Lipinski definition) is 1. The SMILES string of the molecule is [W+2].[c-]1cc(N2CCC(c3ncn[nH]3)CC2)ccn1. The van der Waals surface area contributed by atoms with Crippen molar-refractivity contribution in [1.29, 1.82) is 0 Å². The molecule has 0 unspecified atom stereocenters. The van der Waals surface area contributed by atoms with Gasteiger partial charge in [-0.05, 0) is 12.8 Å². The van der Waals surface area contributed by atoms with Gasteiger partial charge in [-0.3, -0.25) is 5.10 Å². The van der Waals surface area contributed by atoms with Crippen LogP contribution in [0.1, 0.15) is 24.6 Å². The van der Waals surface area contributed by atoms with Crippen LogP contribution in [0.25, 0.3) is 0 Å². The molecule has 3 heterocycles. The summed E-state index contributed by atoms with van der Waals surface area (Å²) < 4.78 is 0. The Bertz CT molecular complexity index is 451. The van der Waals surface area contributed by atoms with Crippen molar-refractivity contribution in [3.63, 3.8) is 0 Å². The molecule has 0 spiro atoms. The van der Waals surface area contributed by atoms with Gasteiger partial charge in [0.05, 0.1) is 0 Å². The first-order valence-electron chi connectivity index (χ1n) is 5.86. The second-order valence-corrected chi connectivity index (χ2v) is 4.28. The minimum atomic E-state index is 0. The summed E-state index contributed by atoms with van der Waals surface area (Å²) >= 11 is 0. The van der Waals surface area contributed by atoms with E-state index in [9.17, 15) is 0 Å². The van der Waals surface area contributed by atoms with E-state index in [-0.39, 0.29) is 21.1 Å². The minimum absolute atomic E-state index is 0. The summed E-state index contributed by atoms with van der Waals surface area (Å²) in [4.78, 5) is 10.5. The molecule has 0 amide bonds. The second kappa shape index (κ2) is 6.09. The number of nitrogens with zero attached hydrogens (tertiary/aromatic N) is 4. The molecule has 1 fully saturated rings. The van der Waals surface area contributed by atoms with Crippen LogP contribution in [0.2, 0.25) is 0 Å². The van der Waals surface area contributed by atoms with E-state index < -0.39 is 0 Å². The molecule has 1 N–H and O–H groups in total. The summed E-state index contributed by atoms with van der Waals surface area (Å²) in [6.07, 6.45) is 8.47.